The maximum absolute atomic E-state index is 13.1. The number of benzene rings is 1. The van der Waals surface area contributed by atoms with Gasteiger partial charge in [0.15, 0.2) is 5.17 Å². The van der Waals surface area contributed by atoms with Crippen LogP contribution in [0.2, 0.25) is 0 Å². The van der Waals surface area contributed by atoms with Gasteiger partial charge >= 0.3 is 0 Å². The van der Waals surface area contributed by atoms with E-state index < -0.39 is 0 Å². The number of anilines is 1. The van der Waals surface area contributed by atoms with Crippen molar-refractivity contribution in [3.8, 4) is 0 Å². The van der Waals surface area contributed by atoms with E-state index in [1.54, 1.807) is 12.1 Å². The number of hydrogen-bond donors (Lipinski definition) is 1. The van der Waals surface area contributed by atoms with Crippen molar-refractivity contribution in [1.29, 1.82) is 5.41 Å². The highest BCUT2D eigenvalue weighted by atomic mass is 32.2. The maximum atomic E-state index is 13.1. The number of hydrogen-bond acceptors (Lipinski definition) is 2. The van der Waals surface area contributed by atoms with Gasteiger partial charge in [0.2, 0.25) is 0 Å². The summed E-state index contributed by atoms with van der Waals surface area (Å²) in [6.45, 7) is 4.07. The van der Waals surface area contributed by atoms with Crippen molar-refractivity contribution in [3.05, 3.63) is 29.6 Å². The quantitative estimate of drug-likeness (QED) is 0.833. The van der Waals surface area contributed by atoms with Crippen LogP contribution in [-0.4, -0.2) is 11.0 Å². The summed E-state index contributed by atoms with van der Waals surface area (Å²) in [5.74, 6) is 0.862. The van der Waals surface area contributed by atoms with E-state index in [0.29, 0.717) is 5.17 Å². The van der Waals surface area contributed by atoms with Gasteiger partial charge < -0.3 is 4.90 Å². The molecule has 1 aliphatic rings. The lowest BCUT2D eigenvalue weighted by Gasteiger charge is -2.34. The Labute approximate surface area is 93.0 Å². The van der Waals surface area contributed by atoms with Crippen LogP contribution in [0.1, 0.15) is 25.3 Å². The summed E-state index contributed by atoms with van der Waals surface area (Å²) >= 11 is 1.50. The minimum absolute atomic E-state index is 0.206. The molecule has 1 saturated heterocycles. The van der Waals surface area contributed by atoms with Gasteiger partial charge in [-0.2, -0.15) is 0 Å². The molecule has 2 nitrogen and oxygen atoms in total. The smallest absolute Gasteiger partial charge is 0.163 e. The first-order chi connectivity index (χ1) is 7.09. The van der Waals surface area contributed by atoms with Crippen LogP contribution in [0.4, 0.5) is 10.1 Å². The lowest BCUT2D eigenvalue weighted by Crippen LogP contribution is -2.38. The zero-order valence-corrected chi connectivity index (χ0v) is 9.57. The molecule has 0 saturated carbocycles. The van der Waals surface area contributed by atoms with Gasteiger partial charge in [0.05, 0.1) is 5.88 Å². The van der Waals surface area contributed by atoms with Crippen LogP contribution in [0, 0.1) is 11.2 Å². The SMILES string of the molecule is CC(C)c1cc(F)ccc1N1CSC1=N. The van der Waals surface area contributed by atoms with Crippen LogP contribution < -0.4 is 4.90 Å². The molecule has 0 atom stereocenters. The number of thioether (sulfide) groups is 1. The Hall–Kier alpha value is -1.03. The van der Waals surface area contributed by atoms with Gasteiger partial charge in [-0.1, -0.05) is 25.6 Å². The molecule has 0 amide bonds. The third-order valence-electron chi connectivity index (χ3n) is 2.48. The van der Waals surface area contributed by atoms with E-state index >= 15 is 0 Å². The number of amidine groups is 1. The van der Waals surface area contributed by atoms with Crippen molar-refractivity contribution < 1.29 is 4.39 Å². The largest absolute Gasteiger partial charge is 0.311 e. The Morgan fingerprint density at radius 3 is 2.67 bits per heavy atom. The van der Waals surface area contributed by atoms with Crippen LogP contribution in [0.15, 0.2) is 18.2 Å². The zero-order chi connectivity index (χ0) is 11.0. The average Bonchev–Trinajstić information content (AvgIpc) is 2.18. The highest BCUT2D eigenvalue weighted by molar-refractivity contribution is 8.16. The maximum Gasteiger partial charge on any atom is 0.163 e. The number of halogens is 1. The first-order valence-corrected chi connectivity index (χ1v) is 5.86. The predicted molar refractivity (Wildman–Crippen MR) is 63.2 cm³/mol. The second kappa shape index (κ2) is 3.85. The van der Waals surface area contributed by atoms with Crippen molar-refractivity contribution in [2.24, 2.45) is 0 Å². The van der Waals surface area contributed by atoms with Gasteiger partial charge in [-0.15, -0.1) is 0 Å². The first kappa shape index (κ1) is 10.5. The van der Waals surface area contributed by atoms with Gasteiger partial charge in [-0.25, -0.2) is 4.39 Å². The molecule has 2 rings (SSSR count). The molecular formula is C11H13FN2S. The number of nitrogens with one attached hydrogen (secondary N) is 1. The third kappa shape index (κ3) is 1.86. The molecular weight excluding hydrogens is 211 g/mol. The molecule has 80 valence electrons. The molecule has 0 radical (unpaired) electrons. The Bertz CT molecular complexity index is 404. The second-order valence-electron chi connectivity index (χ2n) is 3.86. The molecule has 1 aromatic rings. The molecule has 1 fully saturated rings. The van der Waals surface area contributed by atoms with Crippen LogP contribution in [-0.2, 0) is 0 Å². The fourth-order valence-corrected chi connectivity index (χ4v) is 2.23. The number of nitrogens with zero attached hydrogens (tertiary/aromatic N) is 1. The summed E-state index contributed by atoms with van der Waals surface area (Å²) in [6, 6.07) is 4.78. The van der Waals surface area contributed by atoms with Crippen molar-refractivity contribution in [2.75, 3.05) is 10.8 Å². The molecule has 1 aromatic carbocycles. The summed E-state index contributed by atoms with van der Waals surface area (Å²) in [7, 11) is 0. The average molecular weight is 224 g/mol. The topological polar surface area (TPSA) is 27.1 Å². The highest BCUT2D eigenvalue weighted by Crippen LogP contribution is 2.35. The molecule has 15 heavy (non-hydrogen) atoms. The van der Waals surface area contributed by atoms with Crippen molar-refractivity contribution in [1.82, 2.24) is 0 Å². The molecule has 1 N–H and O–H groups in total. The van der Waals surface area contributed by atoms with Crippen LogP contribution >= 0.6 is 11.8 Å². The lowest BCUT2D eigenvalue weighted by molar-refractivity contribution is 0.623. The fourth-order valence-electron chi connectivity index (χ4n) is 1.61. The lowest BCUT2D eigenvalue weighted by atomic mass is 10.0. The minimum atomic E-state index is -0.206. The van der Waals surface area contributed by atoms with Crippen molar-refractivity contribution >= 4 is 22.6 Å². The van der Waals surface area contributed by atoms with Crippen LogP contribution in [0.25, 0.3) is 0 Å². The van der Waals surface area contributed by atoms with E-state index in [0.717, 1.165) is 17.1 Å². The van der Waals surface area contributed by atoms with Gasteiger partial charge in [0.1, 0.15) is 5.82 Å². The standard InChI is InChI=1S/C11H13FN2S/c1-7(2)9-5-8(12)3-4-10(9)14-6-15-11(14)13/h3-5,7,13H,6H2,1-2H3. The predicted octanol–water partition coefficient (Wildman–Crippen LogP) is 3.39. The highest BCUT2D eigenvalue weighted by Gasteiger charge is 2.25. The van der Waals surface area contributed by atoms with Crippen LogP contribution in [0.3, 0.4) is 0 Å². The summed E-state index contributed by atoms with van der Waals surface area (Å²) in [6.07, 6.45) is 0. The summed E-state index contributed by atoms with van der Waals surface area (Å²) in [4.78, 5) is 1.90. The van der Waals surface area contributed by atoms with Gasteiger partial charge in [0.25, 0.3) is 0 Å². The Balaban J connectivity index is 2.41. The molecule has 0 aromatic heterocycles. The summed E-state index contributed by atoms with van der Waals surface area (Å²) in [5.41, 5.74) is 1.94. The molecule has 0 unspecified atom stereocenters. The second-order valence-corrected chi connectivity index (χ2v) is 4.80. The van der Waals surface area contributed by atoms with E-state index in [-0.39, 0.29) is 11.7 Å². The molecule has 4 heteroatoms. The van der Waals surface area contributed by atoms with E-state index in [9.17, 15) is 4.39 Å². The van der Waals surface area contributed by atoms with Gasteiger partial charge in [-0.05, 0) is 29.7 Å². The monoisotopic (exact) mass is 224 g/mol. The zero-order valence-electron chi connectivity index (χ0n) is 8.75. The third-order valence-corrected chi connectivity index (χ3v) is 3.36. The minimum Gasteiger partial charge on any atom is -0.311 e. The van der Waals surface area contributed by atoms with E-state index in [1.807, 2.05) is 18.7 Å². The van der Waals surface area contributed by atoms with Gasteiger partial charge in [0, 0.05) is 5.69 Å². The Kier molecular flexibility index (Phi) is 2.69. The molecule has 0 spiro atoms. The van der Waals surface area contributed by atoms with Gasteiger partial charge in [-0.3, -0.25) is 5.41 Å². The Morgan fingerprint density at radius 2 is 2.20 bits per heavy atom. The normalized spacial score (nSPS) is 15.7. The summed E-state index contributed by atoms with van der Waals surface area (Å²) in [5, 5.41) is 8.16. The molecule has 0 bridgehead atoms. The van der Waals surface area contributed by atoms with Crippen LogP contribution in [0.5, 0.6) is 0 Å². The first-order valence-electron chi connectivity index (χ1n) is 4.88. The van der Waals surface area contributed by atoms with E-state index in [2.05, 4.69) is 0 Å². The van der Waals surface area contributed by atoms with E-state index in [4.69, 9.17) is 5.41 Å². The van der Waals surface area contributed by atoms with Crippen molar-refractivity contribution in [3.63, 3.8) is 0 Å². The number of rotatable bonds is 2. The van der Waals surface area contributed by atoms with E-state index in [1.165, 1.54) is 17.8 Å². The summed E-state index contributed by atoms with van der Waals surface area (Å²) < 4.78 is 13.1. The molecule has 1 heterocycles. The van der Waals surface area contributed by atoms with Crippen molar-refractivity contribution in [2.45, 2.75) is 19.8 Å². The fraction of sp³-hybridized carbons (Fsp3) is 0.364. The Morgan fingerprint density at radius 1 is 1.47 bits per heavy atom. The molecule has 1 aliphatic heterocycles. The molecule has 0 aliphatic carbocycles.